The molecule has 0 saturated heterocycles. The summed E-state index contributed by atoms with van der Waals surface area (Å²) in [6.07, 6.45) is 0.162. The summed E-state index contributed by atoms with van der Waals surface area (Å²) in [4.78, 5) is 27.5. The van der Waals surface area contributed by atoms with Crippen molar-refractivity contribution in [2.75, 3.05) is 20.8 Å². The molecule has 0 aliphatic carbocycles. The van der Waals surface area contributed by atoms with Crippen LogP contribution in [0.2, 0.25) is 0 Å². The largest absolute Gasteiger partial charge is 0.493 e. The van der Waals surface area contributed by atoms with E-state index >= 15 is 0 Å². The number of nitrogens with zero attached hydrogens (tertiary/aromatic N) is 1. The van der Waals surface area contributed by atoms with Crippen LogP contribution in [0.3, 0.4) is 0 Å². The van der Waals surface area contributed by atoms with Gasteiger partial charge in [-0.1, -0.05) is 50.2 Å². The maximum Gasteiger partial charge on any atom is 0.242 e. The first-order chi connectivity index (χ1) is 14.3. The minimum Gasteiger partial charge on any atom is -0.493 e. The van der Waals surface area contributed by atoms with E-state index in [0.29, 0.717) is 30.5 Å². The van der Waals surface area contributed by atoms with E-state index in [-0.39, 0.29) is 18.2 Å². The molecule has 30 heavy (non-hydrogen) atoms. The van der Waals surface area contributed by atoms with Crippen LogP contribution in [0.4, 0.5) is 0 Å². The van der Waals surface area contributed by atoms with Gasteiger partial charge in [-0.05, 0) is 36.1 Å². The van der Waals surface area contributed by atoms with Crippen molar-refractivity contribution >= 4 is 11.8 Å². The maximum atomic E-state index is 13.2. The maximum absolute atomic E-state index is 13.2. The third-order valence-electron chi connectivity index (χ3n) is 4.85. The van der Waals surface area contributed by atoms with Crippen molar-refractivity contribution in [3.63, 3.8) is 0 Å². The van der Waals surface area contributed by atoms with Gasteiger partial charge in [-0.2, -0.15) is 0 Å². The highest BCUT2D eigenvalue weighted by molar-refractivity contribution is 5.88. The summed E-state index contributed by atoms with van der Waals surface area (Å²) in [5.41, 5.74) is 1.77. The molecule has 6 heteroatoms. The number of rotatable bonds is 10. The SMILES string of the molecule is COc1ccc(CC(=O)N(Cc2ccccc2)C(C)C(=O)NCC(C)C)cc1OC. The number of methoxy groups -OCH3 is 2. The average Bonchev–Trinajstić information content (AvgIpc) is 2.75. The lowest BCUT2D eigenvalue weighted by molar-refractivity contribution is -0.140. The molecule has 0 heterocycles. The second-order valence-electron chi connectivity index (χ2n) is 7.69. The monoisotopic (exact) mass is 412 g/mol. The van der Waals surface area contributed by atoms with E-state index in [2.05, 4.69) is 5.32 Å². The zero-order valence-electron chi connectivity index (χ0n) is 18.5. The van der Waals surface area contributed by atoms with E-state index < -0.39 is 6.04 Å². The Kier molecular flexibility index (Phi) is 8.71. The van der Waals surface area contributed by atoms with E-state index in [4.69, 9.17) is 9.47 Å². The summed E-state index contributed by atoms with van der Waals surface area (Å²) in [6, 6.07) is 14.5. The molecule has 2 rings (SSSR count). The normalized spacial score (nSPS) is 11.7. The van der Waals surface area contributed by atoms with E-state index in [1.165, 1.54) is 0 Å². The number of carbonyl (C=O) groups excluding carboxylic acids is 2. The van der Waals surface area contributed by atoms with Crippen LogP contribution in [0, 0.1) is 5.92 Å². The van der Waals surface area contributed by atoms with Crippen LogP contribution in [0.1, 0.15) is 31.9 Å². The molecule has 1 N–H and O–H groups in total. The lowest BCUT2D eigenvalue weighted by Crippen LogP contribution is -2.48. The minimum absolute atomic E-state index is 0.127. The third kappa shape index (κ3) is 6.51. The summed E-state index contributed by atoms with van der Waals surface area (Å²) in [5, 5.41) is 2.93. The summed E-state index contributed by atoms with van der Waals surface area (Å²) < 4.78 is 10.6. The molecule has 2 amide bonds. The lowest BCUT2D eigenvalue weighted by atomic mass is 10.1. The average molecular weight is 413 g/mol. The predicted octanol–water partition coefficient (Wildman–Crippen LogP) is 3.44. The van der Waals surface area contributed by atoms with Gasteiger partial charge in [-0.3, -0.25) is 9.59 Å². The third-order valence-corrected chi connectivity index (χ3v) is 4.85. The highest BCUT2D eigenvalue weighted by Crippen LogP contribution is 2.28. The van der Waals surface area contributed by atoms with Gasteiger partial charge in [-0.15, -0.1) is 0 Å². The van der Waals surface area contributed by atoms with Gasteiger partial charge in [0.15, 0.2) is 11.5 Å². The first-order valence-corrected chi connectivity index (χ1v) is 10.2. The predicted molar refractivity (Wildman–Crippen MR) is 118 cm³/mol. The summed E-state index contributed by atoms with van der Waals surface area (Å²) in [6.45, 7) is 6.78. The molecule has 162 valence electrons. The Labute approximate surface area is 179 Å². The second-order valence-corrected chi connectivity index (χ2v) is 7.69. The van der Waals surface area contributed by atoms with Gasteiger partial charge in [0.1, 0.15) is 6.04 Å². The van der Waals surface area contributed by atoms with Crippen molar-refractivity contribution in [2.24, 2.45) is 5.92 Å². The van der Waals surface area contributed by atoms with Gasteiger partial charge < -0.3 is 19.7 Å². The molecule has 2 aromatic carbocycles. The quantitative estimate of drug-likeness (QED) is 0.649. The van der Waals surface area contributed by atoms with Crippen LogP contribution < -0.4 is 14.8 Å². The number of benzene rings is 2. The number of hydrogen-bond acceptors (Lipinski definition) is 4. The summed E-state index contributed by atoms with van der Waals surface area (Å²) in [5.74, 6) is 1.24. The van der Waals surface area contributed by atoms with Crippen molar-refractivity contribution in [1.82, 2.24) is 10.2 Å². The summed E-state index contributed by atoms with van der Waals surface area (Å²) >= 11 is 0. The molecule has 0 radical (unpaired) electrons. The van der Waals surface area contributed by atoms with Gasteiger partial charge in [0.2, 0.25) is 11.8 Å². The van der Waals surface area contributed by atoms with Crippen LogP contribution in [-0.2, 0) is 22.6 Å². The fourth-order valence-electron chi connectivity index (χ4n) is 3.08. The number of nitrogens with one attached hydrogen (secondary N) is 1. The molecular weight excluding hydrogens is 380 g/mol. The zero-order chi connectivity index (χ0) is 22.1. The van der Waals surface area contributed by atoms with E-state index in [0.717, 1.165) is 11.1 Å². The van der Waals surface area contributed by atoms with Crippen molar-refractivity contribution in [3.8, 4) is 11.5 Å². The van der Waals surface area contributed by atoms with E-state index in [1.54, 1.807) is 38.2 Å². The Bertz CT molecular complexity index is 836. The number of ether oxygens (including phenoxy) is 2. The molecule has 2 aromatic rings. The zero-order valence-corrected chi connectivity index (χ0v) is 18.5. The van der Waals surface area contributed by atoms with Gasteiger partial charge in [0, 0.05) is 13.1 Å². The molecule has 0 bridgehead atoms. The highest BCUT2D eigenvalue weighted by atomic mass is 16.5. The van der Waals surface area contributed by atoms with Crippen molar-refractivity contribution < 1.29 is 19.1 Å². The second kappa shape index (κ2) is 11.2. The molecule has 0 spiro atoms. The van der Waals surface area contributed by atoms with Gasteiger partial charge >= 0.3 is 0 Å². The van der Waals surface area contributed by atoms with Crippen LogP contribution in [0.15, 0.2) is 48.5 Å². The van der Waals surface area contributed by atoms with Gasteiger partial charge in [0.25, 0.3) is 0 Å². The standard InChI is InChI=1S/C24H32N2O4/c1-17(2)15-25-24(28)18(3)26(16-19-9-7-6-8-10-19)23(27)14-20-11-12-21(29-4)22(13-20)30-5/h6-13,17-18H,14-16H2,1-5H3,(H,25,28). The van der Waals surface area contributed by atoms with Gasteiger partial charge in [0.05, 0.1) is 20.6 Å². The van der Waals surface area contributed by atoms with Crippen LogP contribution >= 0.6 is 0 Å². The highest BCUT2D eigenvalue weighted by Gasteiger charge is 2.26. The van der Waals surface area contributed by atoms with Crippen molar-refractivity contribution in [2.45, 2.75) is 39.8 Å². The smallest absolute Gasteiger partial charge is 0.242 e. The summed E-state index contributed by atoms with van der Waals surface area (Å²) in [7, 11) is 3.13. The Morgan fingerprint density at radius 2 is 1.60 bits per heavy atom. The van der Waals surface area contributed by atoms with E-state index in [1.807, 2.05) is 50.2 Å². The fraction of sp³-hybridized carbons (Fsp3) is 0.417. The Balaban J connectivity index is 2.22. The number of carbonyl (C=O) groups is 2. The van der Waals surface area contributed by atoms with Crippen molar-refractivity contribution in [1.29, 1.82) is 0 Å². The first kappa shape index (κ1) is 23.3. The topological polar surface area (TPSA) is 67.9 Å². The molecule has 0 aliphatic rings. The molecule has 1 atom stereocenters. The lowest BCUT2D eigenvalue weighted by Gasteiger charge is -2.29. The van der Waals surface area contributed by atoms with Crippen LogP contribution in [-0.4, -0.2) is 43.5 Å². The first-order valence-electron chi connectivity index (χ1n) is 10.2. The minimum atomic E-state index is -0.586. The van der Waals surface area contributed by atoms with Crippen molar-refractivity contribution in [3.05, 3.63) is 59.7 Å². The molecule has 1 unspecified atom stereocenters. The molecule has 0 aromatic heterocycles. The van der Waals surface area contributed by atoms with Gasteiger partial charge in [-0.25, -0.2) is 0 Å². The molecule has 0 fully saturated rings. The Morgan fingerprint density at radius 3 is 2.20 bits per heavy atom. The molecular formula is C24H32N2O4. The van der Waals surface area contributed by atoms with E-state index in [9.17, 15) is 9.59 Å². The molecule has 6 nitrogen and oxygen atoms in total. The van der Waals surface area contributed by atoms with Crippen LogP contribution in [0.25, 0.3) is 0 Å². The molecule has 0 saturated carbocycles. The fourth-order valence-corrected chi connectivity index (χ4v) is 3.08. The number of hydrogen-bond donors (Lipinski definition) is 1. The van der Waals surface area contributed by atoms with Crippen LogP contribution in [0.5, 0.6) is 11.5 Å². The Morgan fingerprint density at radius 1 is 0.933 bits per heavy atom. The Hall–Kier alpha value is -3.02. The number of amides is 2. The molecule has 0 aliphatic heterocycles.